The molecule has 1 atom stereocenters. The van der Waals surface area contributed by atoms with Crippen molar-refractivity contribution in [2.24, 2.45) is 5.92 Å². The maximum absolute atomic E-state index is 12.2. The largest absolute Gasteiger partial charge is 0.506 e. The van der Waals surface area contributed by atoms with Crippen molar-refractivity contribution in [1.29, 1.82) is 0 Å². The van der Waals surface area contributed by atoms with Crippen LogP contribution in [0.4, 0.5) is 5.69 Å². The number of phenols is 1. The molecule has 2 aromatic rings. The molecule has 9 heteroatoms. The van der Waals surface area contributed by atoms with Crippen LogP contribution >= 0.6 is 0 Å². The Hall–Kier alpha value is -2.39. The molecule has 0 saturated carbocycles. The molecule has 1 aliphatic heterocycles. The van der Waals surface area contributed by atoms with E-state index in [2.05, 4.69) is 23.7 Å². The number of aromatic nitrogens is 2. The number of carbonyl (C=O) groups excluding carboxylic acids is 1. The first-order chi connectivity index (χ1) is 11.8. The van der Waals surface area contributed by atoms with Crippen molar-refractivity contribution in [2.75, 3.05) is 10.8 Å². The lowest BCUT2D eigenvalue weighted by Gasteiger charge is -2.18. The quantitative estimate of drug-likeness (QED) is 0.774. The average Bonchev–Trinajstić information content (AvgIpc) is 3.11. The molecule has 3 rings (SSSR count). The molecule has 0 bridgehead atoms. The molecular formula is C16H20N4O4S. The van der Waals surface area contributed by atoms with Gasteiger partial charge in [0.2, 0.25) is 0 Å². The van der Waals surface area contributed by atoms with Gasteiger partial charge in [0.1, 0.15) is 12.0 Å². The highest BCUT2D eigenvalue weighted by molar-refractivity contribution is 7.91. The summed E-state index contributed by atoms with van der Waals surface area (Å²) in [5.41, 5.74) is 1.68. The molecule has 0 radical (unpaired) electrons. The molecule has 0 amide bonds. The Morgan fingerprint density at radius 1 is 1.40 bits per heavy atom. The van der Waals surface area contributed by atoms with E-state index >= 15 is 0 Å². The molecule has 134 valence electrons. The fraction of sp³-hybridized carbons (Fsp3) is 0.375. The lowest BCUT2D eigenvalue weighted by atomic mass is 10.1. The van der Waals surface area contributed by atoms with E-state index in [0.717, 1.165) is 22.0 Å². The van der Waals surface area contributed by atoms with Gasteiger partial charge in [0, 0.05) is 18.3 Å². The minimum atomic E-state index is -3.86. The molecule has 2 heterocycles. The predicted molar refractivity (Wildman–Crippen MR) is 93.4 cm³/mol. The number of aromatic hydroxyl groups is 1. The topological polar surface area (TPSA) is 105 Å². The molecular weight excluding hydrogens is 344 g/mol. The standard InChI is InChI=1S/C16H20N4O4S/c1-11(2)7-19-8-13(6-17-19)12-3-4-16(22)15(5-12)20-9-14(10-21)18-25(20,23)24/h3-6,8,10-11,14,18,22H,7,9H2,1-2H3. The third-order valence-electron chi connectivity index (χ3n) is 3.88. The molecule has 1 aliphatic rings. The van der Waals surface area contributed by atoms with Gasteiger partial charge in [-0.15, -0.1) is 0 Å². The third-order valence-corrected chi connectivity index (χ3v) is 5.41. The van der Waals surface area contributed by atoms with Crippen molar-refractivity contribution >= 4 is 22.2 Å². The Balaban J connectivity index is 1.96. The van der Waals surface area contributed by atoms with Crippen molar-refractivity contribution < 1.29 is 18.3 Å². The summed E-state index contributed by atoms with van der Waals surface area (Å²) >= 11 is 0. The molecule has 25 heavy (non-hydrogen) atoms. The van der Waals surface area contributed by atoms with Gasteiger partial charge in [-0.05, 0) is 23.6 Å². The Bertz CT molecular complexity index is 891. The van der Waals surface area contributed by atoms with E-state index in [1.165, 1.54) is 6.07 Å². The zero-order valence-corrected chi connectivity index (χ0v) is 14.8. The lowest BCUT2D eigenvalue weighted by Crippen LogP contribution is -2.30. The van der Waals surface area contributed by atoms with Crippen molar-refractivity contribution in [3.05, 3.63) is 30.6 Å². The van der Waals surface area contributed by atoms with Crippen LogP contribution in [0.2, 0.25) is 0 Å². The van der Waals surface area contributed by atoms with Gasteiger partial charge < -0.3 is 9.90 Å². The Labute approximate surface area is 146 Å². The van der Waals surface area contributed by atoms with Crippen molar-refractivity contribution in [3.8, 4) is 16.9 Å². The summed E-state index contributed by atoms with van der Waals surface area (Å²) in [7, 11) is -3.86. The van der Waals surface area contributed by atoms with Crippen LogP contribution in [0, 0.1) is 5.92 Å². The zero-order valence-electron chi connectivity index (χ0n) is 14.0. The molecule has 1 unspecified atom stereocenters. The van der Waals surface area contributed by atoms with Crippen LogP contribution in [0.5, 0.6) is 5.75 Å². The van der Waals surface area contributed by atoms with Crippen LogP contribution < -0.4 is 9.03 Å². The number of hydrogen-bond acceptors (Lipinski definition) is 5. The number of anilines is 1. The third kappa shape index (κ3) is 3.52. The SMILES string of the molecule is CC(C)Cn1cc(-c2ccc(O)c(N3CC(C=O)NS3(=O)=O)c2)cn1. The summed E-state index contributed by atoms with van der Waals surface area (Å²) in [5, 5.41) is 14.4. The number of aldehydes is 1. The fourth-order valence-electron chi connectivity index (χ4n) is 2.76. The maximum Gasteiger partial charge on any atom is 0.302 e. The van der Waals surface area contributed by atoms with E-state index in [-0.39, 0.29) is 18.0 Å². The van der Waals surface area contributed by atoms with Gasteiger partial charge in [-0.25, -0.2) is 0 Å². The van der Waals surface area contributed by atoms with E-state index < -0.39 is 16.3 Å². The lowest BCUT2D eigenvalue weighted by molar-refractivity contribution is -0.108. The Morgan fingerprint density at radius 2 is 2.16 bits per heavy atom. The molecule has 1 aromatic carbocycles. The molecule has 1 saturated heterocycles. The molecule has 0 spiro atoms. The second-order valence-corrected chi connectivity index (χ2v) is 8.07. The summed E-state index contributed by atoms with van der Waals surface area (Å²) < 4.78 is 29.4. The highest BCUT2D eigenvalue weighted by Gasteiger charge is 2.36. The first-order valence-corrected chi connectivity index (χ1v) is 9.35. The summed E-state index contributed by atoms with van der Waals surface area (Å²) in [6.07, 6.45) is 4.11. The van der Waals surface area contributed by atoms with Gasteiger partial charge in [0.25, 0.3) is 0 Å². The van der Waals surface area contributed by atoms with E-state index in [0.29, 0.717) is 12.2 Å². The second-order valence-electron chi connectivity index (χ2n) is 6.44. The first kappa shape index (κ1) is 17.4. The normalized spacial score (nSPS) is 19.5. The summed E-state index contributed by atoms with van der Waals surface area (Å²) in [6, 6.07) is 3.89. The monoisotopic (exact) mass is 364 g/mol. The Kier molecular flexibility index (Phi) is 4.53. The average molecular weight is 364 g/mol. The van der Waals surface area contributed by atoms with Crippen molar-refractivity contribution in [1.82, 2.24) is 14.5 Å². The summed E-state index contributed by atoms with van der Waals surface area (Å²) in [6.45, 7) is 4.90. The maximum atomic E-state index is 12.2. The van der Waals surface area contributed by atoms with E-state index in [4.69, 9.17) is 0 Å². The van der Waals surface area contributed by atoms with Crippen molar-refractivity contribution in [3.63, 3.8) is 0 Å². The fourth-order valence-corrected chi connectivity index (χ4v) is 4.16. The molecule has 0 aliphatic carbocycles. The summed E-state index contributed by atoms with van der Waals surface area (Å²) in [5.74, 6) is 0.277. The van der Waals surface area contributed by atoms with Gasteiger partial charge in [0.15, 0.2) is 0 Å². The van der Waals surface area contributed by atoms with Crippen LogP contribution in [-0.2, 0) is 21.5 Å². The number of carbonyl (C=O) groups is 1. The number of benzene rings is 1. The minimum absolute atomic E-state index is 0.0601. The minimum Gasteiger partial charge on any atom is -0.506 e. The highest BCUT2D eigenvalue weighted by Crippen LogP contribution is 2.35. The highest BCUT2D eigenvalue weighted by atomic mass is 32.2. The van der Waals surface area contributed by atoms with Gasteiger partial charge in [-0.2, -0.15) is 18.2 Å². The number of phenolic OH excluding ortho intramolecular Hbond substituents is 1. The number of hydrogen-bond donors (Lipinski definition) is 2. The van der Waals surface area contributed by atoms with Gasteiger partial charge >= 0.3 is 10.2 Å². The van der Waals surface area contributed by atoms with Crippen LogP contribution in [-0.4, -0.2) is 42.2 Å². The molecule has 1 fully saturated rings. The van der Waals surface area contributed by atoms with Gasteiger partial charge in [-0.3, -0.25) is 8.99 Å². The van der Waals surface area contributed by atoms with Gasteiger partial charge in [0.05, 0.1) is 24.5 Å². The number of nitrogens with one attached hydrogen (secondary N) is 1. The molecule has 8 nitrogen and oxygen atoms in total. The first-order valence-electron chi connectivity index (χ1n) is 7.91. The second kappa shape index (κ2) is 6.49. The van der Waals surface area contributed by atoms with Crippen LogP contribution in [0.15, 0.2) is 30.6 Å². The van der Waals surface area contributed by atoms with E-state index in [1.54, 1.807) is 18.3 Å². The molecule has 1 aromatic heterocycles. The van der Waals surface area contributed by atoms with Crippen molar-refractivity contribution in [2.45, 2.75) is 26.4 Å². The predicted octanol–water partition coefficient (Wildman–Crippen LogP) is 1.13. The Morgan fingerprint density at radius 3 is 2.80 bits per heavy atom. The van der Waals surface area contributed by atoms with E-state index in [1.807, 2.05) is 10.9 Å². The van der Waals surface area contributed by atoms with E-state index in [9.17, 15) is 18.3 Å². The van der Waals surface area contributed by atoms with Crippen LogP contribution in [0.1, 0.15) is 13.8 Å². The zero-order chi connectivity index (χ0) is 18.2. The smallest absolute Gasteiger partial charge is 0.302 e. The van der Waals surface area contributed by atoms with Crippen LogP contribution in [0.25, 0.3) is 11.1 Å². The number of rotatable bonds is 5. The number of nitrogens with zero attached hydrogens (tertiary/aromatic N) is 3. The molecule has 2 N–H and O–H groups in total. The van der Waals surface area contributed by atoms with Gasteiger partial charge in [-0.1, -0.05) is 19.9 Å². The van der Waals surface area contributed by atoms with Crippen LogP contribution in [0.3, 0.4) is 0 Å². The summed E-state index contributed by atoms with van der Waals surface area (Å²) in [4.78, 5) is 10.9.